The maximum Gasteiger partial charge on any atom is 0.226 e. The van der Waals surface area contributed by atoms with Crippen LogP contribution in [0.2, 0.25) is 0 Å². The molecule has 0 radical (unpaired) electrons. The first-order valence-corrected chi connectivity index (χ1v) is 6.61. The lowest BCUT2D eigenvalue weighted by Crippen LogP contribution is -2.42. The van der Waals surface area contributed by atoms with E-state index in [2.05, 4.69) is 14.3 Å². The van der Waals surface area contributed by atoms with Gasteiger partial charge < -0.3 is 9.80 Å². The summed E-state index contributed by atoms with van der Waals surface area (Å²) in [5.74, 6) is 1.13. The predicted octanol–water partition coefficient (Wildman–Crippen LogP) is 1.15. The first-order chi connectivity index (χ1) is 8.08. The lowest BCUT2D eigenvalue weighted by molar-refractivity contribution is -0.133. The van der Waals surface area contributed by atoms with Crippen molar-refractivity contribution in [1.29, 1.82) is 0 Å². The molecule has 5 nitrogen and oxygen atoms in total. The molecule has 1 aromatic heterocycles. The smallest absolute Gasteiger partial charge is 0.226 e. The molecular weight excluding hydrogens is 236 g/mol. The Balaban J connectivity index is 2.04. The van der Waals surface area contributed by atoms with Gasteiger partial charge in [-0.3, -0.25) is 4.79 Å². The topological polar surface area (TPSA) is 49.3 Å². The van der Waals surface area contributed by atoms with Crippen LogP contribution in [-0.2, 0) is 4.79 Å². The summed E-state index contributed by atoms with van der Waals surface area (Å²) in [7, 11) is 3.63. The van der Waals surface area contributed by atoms with E-state index in [0.717, 1.165) is 36.9 Å². The summed E-state index contributed by atoms with van der Waals surface area (Å²) < 4.78 is 4.19. The van der Waals surface area contributed by atoms with E-state index in [-0.39, 0.29) is 11.8 Å². The molecule has 1 aliphatic heterocycles. The first kappa shape index (κ1) is 12.3. The van der Waals surface area contributed by atoms with Crippen molar-refractivity contribution < 1.29 is 4.79 Å². The normalized spacial score (nSPS) is 20.4. The lowest BCUT2D eigenvalue weighted by atomic mass is 9.97. The quantitative estimate of drug-likeness (QED) is 0.794. The third kappa shape index (κ3) is 2.74. The van der Waals surface area contributed by atoms with Gasteiger partial charge in [-0.2, -0.15) is 4.37 Å². The second-order valence-corrected chi connectivity index (χ2v) is 5.37. The van der Waals surface area contributed by atoms with E-state index in [1.165, 1.54) is 11.5 Å². The highest BCUT2D eigenvalue weighted by molar-refractivity contribution is 7.09. The maximum atomic E-state index is 11.9. The monoisotopic (exact) mass is 254 g/mol. The van der Waals surface area contributed by atoms with Crippen LogP contribution in [0.3, 0.4) is 0 Å². The molecule has 6 heteroatoms. The number of rotatable bonds is 2. The number of amides is 1. The van der Waals surface area contributed by atoms with Gasteiger partial charge in [0.05, 0.1) is 5.92 Å². The maximum absolute atomic E-state index is 11.9. The number of carbonyl (C=O) groups excluding carboxylic acids is 1. The molecule has 1 aliphatic rings. The number of hydrogen-bond acceptors (Lipinski definition) is 5. The fraction of sp³-hybridized carbons (Fsp3) is 0.727. The molecule has 0 aliphatic carbocycles. The van der Waals surface area contributed by atoms with E-state index in [0.29, 0.717) is 0 Å². The van der Waals surface area contributed by atoms with E-state index in [1.807, 2.05) is 21.0 Å². The minimum Gasteiger partial charge on any atom is -0.349 e. The van der Waals surface area contributed by atoms with Crippen LogP contribution in [0.5, 0.6) is 0 Å². The van der Waals surface area contributed by atoms with Crippen molar-refractivity contribution in [3.63, 3.8) is 0 Å². The number of nitrogens with zero attached hydrogens (tertiary/aromatic N) is 4. The summed E-state index contributed by atoms with van der Waals surface area (Å²) in [6.45, 7) is 3.64. The Morgan fingerprint density at radius 3 is 2.88 bits per heavy atom. The van der Waals surface area contributed by atoms with Gasteiger partial charge in [-0.1, -0.05) is 0 Å². The minimum absolute atomic E-state index is 0.1000. The molecule has 0 spiro atoms. The Hall–Kier alpha value is -1.17. The van der Waals surface area contributed by atoms with E-state index in [4.69, 9.17) is 0 Å². The molecule has 2 rings (SSSR count). The molecule has 94 valence electrons. The van der Waals surface area contributed by atoms with Crippen molar-refractivity contribution >= 4 is 22.6 Å². The minimum atomic E-state index is 0.1000. The second-order valence-electron chi connectivity index (χ2n) is 4.64. The van der Waals surface area contributed by atoms with Gasteiger partial charge in [-0.15, -0.1) is 0 Å². The third-order valence-corrected chi connectivity index (χ3v) is 3.87. The molecule has 0 N–H and O–H groups in total. The first-order valence-electron chi connectivity index (χ1n) is 5.84. The van der Waals surface area contributed by atoms with Crippen LogP contribution in [0, 0.1) is 12.8 Å². The Morgan fingerprint density at radius 1 is 1.53 bits per heavy atom. The highest BCUT2D eigenvalue weighted by Gasteiger charge is 2.28. The van der Waals surface area contributed by atoms with Crippen molar-refractivity contribution in [3.8, 4) is 0 Å². The lowest BCUT2D eigenvalue weighted by Gasteiger charge is -2.32. The van der Waals surface area contributed by atoms with E-state index in [1.54, 1.807) is 4.90 Å². The van der Waals surface area contributed by atoms with Gasteiger partial charge in [0.25, 0.3) is 0 Å². The molecule has 1 aromatic rings. The molecule has 2 heterocycles. The van der Waals surface area contributed by atoms with Crippen molar-refractivity contribution in [2.75, 3.05) is 32.1 Å². The third-order valence-electron chi connectivity index (χ3n) is 3.00. The molecule has 0 bridgehead atoms. The van der Waals surface area contributed by atoms with E-state index >= 15 is 0 Å². The van der Waals surface area contributed by atoms with Crippen LogP contribution >= 0.6 is 11.5 Å². The van der Waals surface area contributed by atoms with Crippen molar-refractivity contribution in [2.24, 2.45) is 5.92 Å². The van der Waals surface area contributed by atoms with Gasteiger partial charge in [0.2, 0.25) is 11.0 Å². The van der Waals surface area contributed by atoms with E-state index < -0.39 is 0 Å². The van der Waals surface area contributed by atoms with Crippen LogP contribution < -0.4 is 4.90 Å². The van der Waals surface area contributed by atoms with Crippen LogP contribution in [0.1, 0.15) is 18.7 Å². The molecule has 1 amide bonds. The summed E-state index contributed by atoms with van der Waals surface area (Å²) in [5, 5.41) is 0.943. The average molecular weight is 254 g/mol. The average Bonchev–Trinajstić information content (AvgIpc) is 2.75. The number of piperidine rings is 1. The molecule has 1 atom stereocenters. The molecule has 17 heavy (non-hydrogen) atoms. The largest absolute Gasteiger partial charge is 0.349 e. The van der Waals surface area contributed by atoms with Gasteiger partial charge in [0.1, 0.15) is 5.82 Å². The number of aromatic nitrogens is 2. The zero-order valence-corrected chi connectivity index (χ0v) is 11.3. The predicted molar refractivity (Wildman–Crippen MR) is 68.3 cm³/mol. The van der Waals surface area contributed by atoms with Gasteiger partial charge >= 0.3 is 0 Å². The molecule has 1 unspecified atom stereocenters. The van der Waals surface area contributed by atoms with Gasteiger partial charge in [-0.05, 0) is 19.8 Å². The van der Waals surface area contributed by atoms with E-state index in [9.17, 15) is 4.79 Å². The van der Waals surface area contributed by atoms with Crippen LogP contribution in [0.15, 0.2) is 0 Å². The molecule has 1 saturated heterocycles. The fourth-order valence-corrected chi connectivity index (χ4v) is 2.84. The van der Waals surface area contributed by atoms with Crippen molar-refractivity contribution in [3.05, 3.63) is 5.82 Å². The molecule has 0 saturated carbocycles. The number of carbonyl (C=O) groups is 1. The fourth-order valence-electron chi connectivity index (χ4n) is 2.13. The Kier molecular flexibility index (Phi) is 3.61. The van der Waals surface area contributed by atoms with Crippen LogP contribution in [0.25, 0.3) is 0 Å². The van der Waals surface area contributed by atoms with Crippen molar-refractivity contribution in [1.82, 2.24) is 14.3 Å². The molecular formula is C11H18N4OS. The summed E-state index contributed by atoms with van der Waals surface area (Å²) in [6.07, 6.45) is 2.02. The Morgan fingerprint density at radius 2 is 2.29 bits per heavy atom. The molecule has 0 aromatic carbocycles. The SMILES string of the molecule is Cc1nsc(N2CCCC(C(=O)N(C)C)C2)n1. The van der Waals surface area contributed by atoms with Crippen molar-refractivity contribution in [2.45, 2.75) is 19.8 Å². The summed E-state index contributed by atoms with van der Waals surface area (Å²) in [6, 6.07) is 0. The number of aryl methyl sites for hydroxylation is 1. The number of hydrogen-bond donors (Lipinski definition) is 0. The van der Waals surface area contributed by atoms with Gasteiger partial charge in [0.15, 0.2) is 0 Å². The Labute approximate surface area is 106 Å². The van der Waals surface area contributed by atoms with Gasteiger partial charge in [-0.25, -0.2) is 4.98 Å². The molecule has 1 fully saturated rings. The standard InChI is InChI=1S/C11H18N4OS/c1-8-12-11(17-13-8)15-6-4-5-9(7-15)10(16)14(2)3/h9H,4-7H2,1-3H3. The summed E-state index contributed by atoms with van der Waals surface area (Å²) >= 11 is 1.42. The highest BCUT2D eigenvalue weighted by atomic mass is 32.1. The zero-order valence-electron chi connectivity index (χ0n) is 10.5. The number of anilines is 1. The van der Waals surface area contributed by atoms with Crippen LogP contribution in [-0.4, -0.2) is 47.3 Å². The summed E-state index contributed by atoms with van der Waals surface area (Å²) in [5.41, 5.74) is 0. The highest BCUT2D eigenvalue weighted by Crippen LogP contribution is 2.25. The Bertz CT molecular complexity index is 404. The zero-order chi connectivity index (χ0) is 12.4. The van der Waals surface area contributed by atoms with Gasteiger partial charge in [0, 0.05) is 38.7 Å². The van der Waals surface area contributed by atoms with Crippen LogP contribution in [0.4, 0.5) is 5.13 Å². The summed E-state index contributed by atoms with van der Waals surface area (Å²) in [4.78, 5) is 20.2. The second kappa shape index (κ2) is 5.00.